The predicted molar refractivity (Wildman–Crippen MR) is 76.8 cm³/mol. The summed E-state index contributed by atoms with van der Waals surface area (Å²) in [5.74, 6) is 0.905. The number of aryl methyl sites for hydroxylation is 1. The van der Waals surface area contributed by atoms with Crippen molar-refractivity contribution >= 4 is 15.9 Å². The van der Waals surface area contributed by atoms with Crippen molar-refractivity contribution in [1.29, 1.82) is 0 Å². The summed E-state index contributed by atoms with van der Waals surface area (Å²) in [6.07, 6.45) is 6.33. The predicted octanol–water partition coefficient (Wildman–Crippen LogP) is 3.78. The SMILES string of the molecule is CNCCCCCCc1ccc(OC)c(Br)c1. The lowest BCUT2D eigenvalue weighted by molar-refractivity contribution is 0.412. The second-order valence-electron chi connectivity index (χ2n) is 4.24. The summed E-state index contributed by atoms with van der Waals surface area (Å²) in [5, 5.41) is 3.18. The van der Waals surface area contributed by atoms with E-state index in [-0.39, 0.29) is 0 Å². The monoisotopic (exact) mass is 299 g/mol. The molecule has 0 radical (unpaired) electrons. The van der Waals surface area contributed by atoms with Gasteiger partial charge in [-0.05, 0) is 66.5 Å². The van der Waals surface area contributed by atoms with Gasteiger partial charge in [0.05, 0.1) is 11.6 Å². The van der Waals surface area contributed by atoms with E-state index in [1.165, 1.54) is 31.2 Å². The Bertz CT molecular complexity index is 328. The van der Waals surface area contributed by atoms with Crippen molar-refractivity contribution in [2.75, 3.05) is 20.7 Å². The van der Waals surface area contributed by atoms with Gasteiger partial charge in [0, 0.05) is 0 Å². The zero-order valence-electron chi connectivity index (χ0n) is 10.8. The summed E-state index contributed by atoms with van der Waals surface area (Å²) < 4.78 is 6.26. The highest BCUT2D eigenvalue weighted by Crippen LogP contribution is 2.26. The molecule has 0 aromatic heterocycles. The maximum absolute atomic E-state index is 5.22. The molecule has 0 unspecified atom stereocenters. The minimum absolute atomic E-state index is 0.905. The molecule has 0 saturated carbocycles. The summed E-state index contributed by atoms with van der Waals surface area (Å²) in [6.45, 7) is 1.13. The zero-order valence-corrected chi connectivity index (χ0v) is 12.3. The molecule has 17 heavy (non-hydrogen) atoms. The highest BCUT2D eigenvalue weighted by atomic mass is 79.9. The van der Waals surface area contributed by atoms with Gasteiger partial charge in [-0.25, -0.2) is 0 Å². The fraction of sp³-hybridized carbons (Fsp3) is 0.571. The zero-order chi connectivity index (χ0) is 12.5. The molecular weight excluding hydrogens is 278 g/mol. The Kier molecular flexibility index (Phi) is 7.29. The maximum atomic E-state index is 5.22. The Hall–Kier alpha value is -0.540. The second kappa shape index (κ2) is 8.54. The lowest BCUT2D eigenvalue weighted by Gasteiger charge is -2.06. The van der Waals surface area contributed by atoms with Crippen LogP contribution in [0.15, 0.2) is 22.7 Å². The van der Waals surface area contributed by atoms with Gasteiger partial charge in [-0.3, -0.25) is 0 Å². The van der Waals surface area contributed by atoms with Gasteiger partial charge >= 0.3 is 0 Å². The van der Waals surface area contributed by atoms with Crippen molar-refractivity contribution in [3.05, 3.63) is 28.2 Å². The van der Waals surface area contributed by atoms with Gasteiger partial charge in [0.15, 0.2) is 0 Å². The van der Waals surface area contributed by atoms with Gasteiger partial charge in [-0.1, -0.05) is 18.9 Å². The van der Waals surface area contributed by atoms with Crippen LogP contribution >= 0.6 is 15.9 Å². The molecular formula is C14H22BrNO. The maximum Gasteiger partial charge on any atom is 0.133 e. The summed E-state index contributed by atoms with van der Waals surface area (Å²) >= 11 is 3.52. The highest BCUT2D eigenvalue weighted by molar-refractivity contribution is 9.10. The minimum atomic E-state index is 0.905. The molecule has 1 aromatic rings. The van der Waals surface area contributed by atoms with Crippen molar-refractivity contribution in [1.82, 2.24) is 5.32 Å². The van der Waals surface area contributed by atoms with Crippen LogP contribution in [0.25, 0.3) is 0 Å². The standard InChI is InChI=1S/C14H22BrNO/c1-16-10-6-4-3-5-7-12-8-9-14(17-2)13(15)11-12/h8-9,11,16H,3-7,10H2,1-2H3. The lowest BCUT2D eigenvalue weighted by atomic mass is 10.1. The third-order valence-corrected chi connectivity index (χ3v) is 3.48. The van der Waals surface area contributed by atoms with Crippen molar-refractivity contribution in [3.63, 3.8) is 0 Å². The third-order valence-electron chi connectivity index (χ3n) is 2.86. The van der Waals surface area contributed by atoms with E-state index in [2.05, 4.69) is 33.4 Å². The van der Waals surface area contributed by atoms with Crippen LogP contribution in [0.5, 0.6) is 5.75 Å². The summed E-state index contributed by atoms with van der Waals surface area (Å²) in [6, 6.07) is 6.34. The molecule has 1 rings (SSSR count). The first kappa shape index (κ1) is 14.5. The summed E-state index contributed by atoms with van der Waals surface area (Å²) in [7, 11) is 3.70. The Labute approximate surface area is 113 Å². The van der Waals surface area contributed by atoms with Crippen molar-refractivity contribution in [2.24, 2.45) is 0 Å². The van der Waals surface area contributed by atoms with E-state index < -0.39 is 0 Å². The van der Waals surface area contributed by atoms with Gasteiger partial charge in [-0.2, -0.15) is 0 Å². The molecule has 3 heteroatoms. The van der Waals surface area contributed by atoms with E-state index in [4.69, 9.17) is 4.74 Å². The van der Waals surface area contributed by atoms with Gasteiger partial charge in [-0.15, -0.1) is 0 Å². The summed E-state index contributed by atoms with van der Waals surface area (Å²) in [4.78, 5) is 0. The van der Waals surface area contributed by atoms with Crippen LogP contribution in [0.2, 0.25) is 0 Å². The summed E-state index contributed by atoms with van der Waals surface area (Å²) in [5.41, 5.74) is 1.38. The van der Waals surface area contributed by atoms with Gasteiger partial charge in [0.2, 0.25) is 0 Å². The minimum Gasteiger partial charge on any atom is -0.496 e. The third kappa shape index (κ3) is 5.55. The molecule has 0 aliphatic carbocycles. The molecule has 0 bridgehead atoms. The van der Waals surface area contributed by atoms with Crippen LogP contribution in [-0.2, 0) is 6.42 Å². The smallest absolute Gasteiger partial charge is 0.133 e. The quantitative estimate of drug-likeness (QED) is 0.738. The number of ether oxygens (including phenoxy) is 1. The van der Waals surface area contributed by atoms with Crippen LogP contribution < -0.4 is 10.1 Å². The Balaban J connectivity index is 2.25. The molecule has 1 aromatic carbocycles. The first-order valence-corrected chi connectivity index (χ1v) is 7.04. The molecule has 0 amide bonds. The normalized spacial score (nSPS) is 10.5. The van der Waals surface area contributed by atoms with E-state index in [9.17, 15) is 0 Å². The van der Waals surface area contributed by atoms with E-state index in [1.807, 2.05) is 13.1 Å². The fourth-order valence-corrected chi connectivity index (χ4v) is 2.44. The van der Waals surface area contributed by atoms with E-state index >= 15 is 0 Å². The van der Waals surface area contributed by atoms with E-state index in [1.54, 1.807) is 7.11 Å². The van der Waals surface area contributed by atoms with Crippen molar-refractivity contribution in [2.45, 2.75) is 32.1 Å². The van der Waals surface area contributed by atoms with Crippen molar-refractivity contribution < 1.29 is 4.74 Å². The molecule has 0 aliphatic heterocycles. The van der Waals surface area contributed by atoms with Gasteiger partial charge in [0.1, 0.15) is 5.75 Å². The number of halogens is 1. The van der Waals surface area contributed by atoms with Crippen LogP contribution in [0.1, 0.15) is 31.2 Å². The van der Waals surface area contributed by atoms with Crippen molar-refractivity contribution in [3.8, 4) is 5.75 Å². The molecule has 0 aliphatic rings. The molecule has 0 saturated heterocycles. The number of rotatable bonds is 8. The lowest BCUT2D eigenvalue weighted by Crippen LogP contribution is -2.06. The molecule has 0 heterocycles. The topological polar surface area (TPSA) is 21.3 Å². The number of methoxy groups -OCH3 is 1. The second-order valence-corrected chi connectivity index (χ2v) is 5.09. The number of unbranched alkanes of at least 4 members (excludes halogenated alkanes) is 3. The molecule has 1 N–H and O–H groups in total. The number of hydrogen-bond donors (Lipinski definition) is 1. The first-order chi connectivity index (χ1) is 8.27. The molecule has 0 spiro atoms. The van der Waals surface area contributed by atoms with Gasteiger partial charge < -0.3 is 10.1 Å². The fourth-order valence-electron chi connectivity index (χ4n) is 1.85. The molecule has 0 atom stereocenters. The van der Waals surface area contributed by atoms with Crippen LogP contribution in [0, 0.1) is 0 Å². The van der Waals surface area contributed by atoms with Crippen LogP contribution in [-0.4, -0.2) is 20.7 Å². The average molecular weight is 300 g/mol. The van der Waals surface area contributed by atoms with E-state index in [0.717, 1.165) is 23.2 Å². The highest BCUT2D eigenvalue weighted by Gasteiger charge is 2.01. The largest absolute Gasteiger partial charge is 0.496 e. The Morgan fingerprint density at radius 1 is 1.18 bits per heavy atom. The molecule has 2 nitrogen and oxygen atoms in total. The van der Waals surface area contributed by atoms with E-state index in [0.29, 0.717) is 0 Å². The molecule has 96 valence electrons. The number of nitrogens with one attached hydrogen (secondary N) is 1. The molecule has 0 fully saturated rings. The first-order valence-electron chi connectivity index (χ1n) is 6.25. The van der Waals surface area contributed by atoms with Gasteiger partial charge in [0.25, 0.3) is 0 Å². The van der Waals surface area contributed by atoms with Crippen LogP contribution in [0.4, 0.5) is 0 Å². The number of hydrogen-bond acceptors (Lipinski definition) is 2. The number of benzene rings is 1. The Morgan fingerprint density at radius 2 is 1.94 bits per heavy atom. The van der Waals surface area contributed by atoms with Crippen LogP contribution in [0.3, 0.4) is 0 Å². The average Bonchev–Trinajstić information content (AvgIpc) is 2.34. The Morgan fingerprint density at radius 3 is 2.59 bits per heavy atom.